The van der Waals surface area contributed by atoms with Gasteiger partial charge in [0.1, 0.15) is 10.7 Å². The second-order valence-corrected chi connectivity index (χ2v) is 5.88. The molecule has 1 aromatic heterocycles. The molecule has 106 valence electrons. The second kappa shape index (κ2) is 5.43. The van der Waals surface area contributed by atoms with Gasteiger partial charge < -0.3 is 5.43 Å². The Kier molecular flexibility index (Phi) is 3.86. The van der Waals surface area contributed by atoms with Crippen LogP contribution in [-0.2, 0) is 10.0 Å². The molecule has 0 atom stereocenters. The summed E-state index contributed by atoms with van der Waals surface area (Å²) in [4.78, 5) is 3.63. The quantitative estimate of drug-likeness (QED) is 0.656. The van der Waals surface area contributed by atoms with Crippen LogP contribution in [0.25, 0.3) is 0 Å². The third-order valence-electron chi connectivity index (χ3n) is 2.77. The number of pyridine rings is 1. The summed E-state index contributed by atoms with van der Waals surface area (Å²) < 4.78 is 39.5. The van der Waals surface area contributed by atoms with Gasteiger partial charge >= 0.3 is 0 Å². The van der Waals surface area contributed by atoms with Crippen LogP contribution < -0.4 is 15.6 Å². The summed E-state index contributed by atoms with van der Waals surface area (Å²) in [6.45, 7) is 0. The zero-order valence-corrected chi connectivity index (χ0v) is 11.4. The fraction of sp³-hybridized carbons (Fsp3) is 0.0833. The summed E-state index contributed by atoms with van der Waals surface area (Å²) in [5, 5.41) is 0. The van der Waals surface area contributed by atoms with E-state index in [2.05, 4.69) is 10.4 Å². The lowest BCUT2D eigenvalue weighted by Crippen LogP contribution is -2.28. The van der Waals surface area contributed by atoms with E-state index in [9.17, 15) is 12.8 Å². The highest BCUT2D eigenvalue weighted by Gasteiger charge is 2.26. The molecule has 0 saturated carbocycles. The molecule has 3 N–H and O–H groups in total. The van der Waals surface area contributed by atoms with E-state index in [1.54, 1.807) is 6.07 Å². The Bertz CT molecular complexity index is 721. The van der Waals surface area contributed by atoms with Crippen molar-refractivity contribution in [3.63, 3.8) is 0 Å². The van der Waals surface area contributed by atoms with Gasteiger partial charge in [-0.3, -0.25) is 15.1 Å². The van der Waals surface area contributed by atoms with E-state index in [0.717, 1.165) is 10.5 Å². The maximum Gasteiger partial charge on any atom is 0.267 e. The van der Waals surface area contributed by atoms with Crippen molar-refractivity contribution < 1.29 is 12.8 Å². The molecule has 0 amide bonds. The van der Waals surface area contributed by atoms with E-state index in [4.69, 9.17) is 5.84 Å². The van der Waals surface area contributed by atoms with Crippen molar-refractivity contribution in [2.24, 2.45) is 5.84 Å². The number of nitrogen functional groups attached to an aromatic ring is 1. The molecule has 0 radical (unpaired) electrons. The van der Waals surface area contributed by atoms with Crippen LogP contribution in [-0.4, -0.2) is 20.4 Å². The molecule has 0 saturated heterocycles. The van der Waals surface area contributed by atoms with Gasteiger partial charge in [-0.1, -0.05) is 12.1 Å². The van der Waals surface area contributed by atoms with Gasteiger partial charge in [0.05, 0.1) is 11.4 Å². The molecule has 2 rings (SSSR count). The predicted molar refractivity (Wildman–Crippen MR) is 74.0 cm³/mol. The number of hydrogen-bond acceptors (Lipinski definition) is 5. The van der Waals surface area contributed by atoms with Crippen LogP contribution in [0.15, 0.2) is 47.6 Å². The average Bonchev–Trinajstić information content (AvgIpc) is 2.47. The first-order valence-corrected chi connectivity index (χ1v) is 7.06. The van der Waals surface area contributed by atoms with Crippen molar-refractivity contribution in [3.8, 4) is 0 Å². The molecule has 0 spiro atoms. The van der Waals surface area contributed by atoms with Crippen LogP contribution in [0.2, 0.25) is 0 Å². The van der Waals surface area contributed by atoms with Crippen molar-refractivity contribution in [2.45, 2.75) is 4.90 Å². The van der Waals surface area contributed by atoms with Crippen LogP contribution in [0.4, 0.5) is 15.8 Å². The molecule has 0 unspecified atom stereocenters. The maximum atomic E-state index is 13.7. The van der Waals surface area contributed by atoms with Gasteiger partial charge in [0.15, 0.2) is 0 Å². The first-order chi connectivity index (χ1) is 9.48. The number of nitrogens with two attached hydrogens (primary N) is 1. The normalized spacial score (nSPS) is 11.2. The molecule has 20 heavy (non-hydrogen) atoms. The van der Waals surface area contributed by atoms with E-state index in [1.165, 1.54) is 37.5 Å². The van der Waals surface area contributed by atoms with Crippen LogP contribution in [0.3, 0.4) is 0 Å². The lowest BCUT2D eigenvalue weighted by atomic mass is 10.3. The van der Waals surface area contributed by atoms with Crippen LogP contribution in [0, 0.1) is 5.82 Å². The number of halogens is 1. The van der Waals surface area contributed by atoms with Gasteiger partial charge in [0, 0.05) is 19.4 Å². The van der Waals surface area contributed by atoms with Gasteiger partial charge in [0.25, 0.3) is 10.0 Å². The molecular formula is C12H13FN4O2S. The topological polar surface area (TPSA) is 88.3 Å². The number of aromatic nitrogens is 1. The molecular weight excluding hydrogens is 283 g/mol. The minimum absolute atomic E-state index is 0.0562. The number of nitrogens with zero attached hydrogens (tertiary/aromatic N) is 2. The summed E-state index contributed by atoms with van der Waals surface area (Å²) in [5.74, 6) is 4.65. The fourth-order valence-corrected chi connectivity index (χ4v) is 2.99. The molecule has 0 aliphatic heterocycles. The summed E-state index contributed by atoms with van der Waals surface area (Å²) in [5.41, 5.74) is 2.41. The summed E-state index contributed by atoms with van der Waals surface area (Å²) in [6.07, 6.45) is 2.55. The molecule has 0 aliphatic carbocycles. The van der Waals surface area contributed by atoms with E-state index in [1.807, 2.05) is 0 Å². The van der Waals surface area contributed by atoms with Crippen LogP contribution >= 0.6 is 0 Å². The minimum Gasteiger partial charge on any atom is -0.323 e. The van der Waals surface area contributed by atoms with Gasteiger partial charge in [-0.05, 0) is 18.2 Å². The zero-order valence-electron chi connectivity index (χ0n) is 10.6. The largest absolute Gasteiger partial charge is 0.323 e. The molecule has 2 aromatic rings. The van der Waals surface area contributed by atoms with E-state index < -0.39 is 15.8 Å². The summed E-state index contributed by atoms with van der Waals surface area (Å²) in [7, 11) is -2.70. The van der Waals surface area contributed by atoms with Gasteiger partial charge in [-0.25, -0.2) is 12.8 Å². The van der Waals surface area contributed by atoms with Crippen molar-refractivity contribution in [1.82, 2.24) is 4.98 Å². The number of nitrogens with one attached hydrogen (secondary N) is 1. The Hall–Kier alpha value is -2.19. The zero-order chi connectivity index (χ0) is 14.8. The number of para-hydroxylation sites is 1. The maximum absolute atomic E-state index is 13.7. The third-order valence-corrected chi connectivity index (χ3v) is 4.57. The molecule has 8 heteroatoms. The van der Waals surface area contributed by atoms with Crippen molar-refractivity contribution in [2.75, 3.05) is 16.8 Å². The average molecular weight is 296 g/mol. The molecule has 1 heterocycles. The molecule has 6 nitrogen and oxygen atoms in total. The Morgan fingerprint density at radius 2 is 2.00 bits per heavy atom. The Morgan fingerprint density at radius 1 is 1.30 bits per heavy atom. The van der Waals surface area contributed by atoms with Gasteiger partial charge in [0.2, 0.25) is 0 Å². The summed E-state index contributed by atoms with van der Waals surface area (Å²) >= 11 is 0. The SMILES string of the molecule is CN(c1ccccc1F)S(=O)(=O)c1cnccc1NN. The van der Waals surface area contributed by atoms with Crippen molar-refractivity contribution >= 4 is 21.4 Å². The highest BCUT2D eigenvalue weighted by molar-refractivity contribution is 7.93. The van der Waals surface area contributed by atoms with Gasteiger partial charge in [-0.15, -0.1) is 0 Å². The van der Waals surface area contributed by atoms with Crippen LogP contribution in [0.5, 0.6) is 0 Å². The number of hydrogen-bond donors (Lipinski definition) is 2. The van der Waals surface area contributed by atoms with E-state index in [0.29, 0.717) is 0 Å². The third kappa shape index (κ3) is 2.43. The lowest BCUT2D eigenvalue weighted by Gasteiger charge is -2.21. The van der Waals surface area contributed by atoms with E-state index >= 15 is 0 Å². The Morgan fingerprint density at radius 3 is 2.65 bits per heavy atom. The van der Waals surface area contributed by atoms with Crippen molar-refractivity contribution in [1.29, 1.82) is 0 Å². The van der Waals surface area contributed by atoms with Crippen LogP contribution in [0.1, 0.15) is 0 Å². The smallest absolute Gasteiger partial charge is 0.267 e. The first kappa shape index (κ1) is 14.2. The monoisotopic (exact) mass is 296 g/mol. The number of benzene rings is 1. The lowest BCUT2D eigenvalue weighted by molar-refractivity contribution is 0.589. The number of anilines is 2. The molecule has 0 fully saturated rings. The minimum atomic E-state index is -3.97. The number of hydrazine groups is 1. The number of rotatable bonds is 4. The molecule has 0 bridgehead atoms. The van der Waals surface area contributed by atoms with Crippen molar-refractivity contribution in [3.05, 3.63) is 48.5 Å². The summed E-state index contributed by atoms with van der Waals surface area (Å²) in [6, 6.07) is 7.01. The fourth-order valence-electron chi connectivity index (χ4n) is 1.69. The Balaban J connectivity index is 2.53. The highest BCUT2D eigenvalue weighted by Crippen LogP contribution is 2.27. The molecule has 0 aliphatic rings. The standard InChI is InChI=1S/C12H13FN4O2S/c1-17(11-5-3-2-4-9(11)13)20(18,19)12-8-15-7-6-10(12)16-14/h2-8H,14H2,1H3,(H,15,16). The first-order valence-electron chi connectivity index (χ1n) is 5.62. The highest BCUT2D eigenvalue weighted by atomic mass is 32.2. The van der Waals surface area contributed by atoms with Gasteiger partial charge in [-0.2, -0.15) is 0 Å². The van der Waals surface area contributed by atoms with E-state index in [-0.39, 0.29) is 16.3 Å². The second-order valence-electron chi connectivity index (χ2n) is 3.94. The molecule has 1 aromatic carbocycles. The Labute approximate surface area is 116 Å². The predicted octanol–water partition coefficient (Wildman–Crippen LogP) is 1.33. The number of sulfonamides is 1.